The van der Waals surface area contributed by atoms with Crippen LogP contribution in [-0.4, -0.2) is 18.1 Å². The molecule has 1 aromatic carbocycles. The quantitative estimate of drug-likeness (QED) is 0.834. The van der Waals surface area contributed by atoms with E-state index in [1.165, 1.54) is 19.3 Å². The normalized spacial score (nSPS) is 16.2. The fraction of sp³-hybridized carbons (Fsp3) is 0.400. The number of hydrogen-bond acceptors (Lipinski definition) is 2. The second kappa shape index (κ2) is 4.48. The van der Waals surface area contributed by atoms with E-state index < -0.39 is 0 Å². The monoisotopic (exact) mass is 242 g/mol. The zero-order valence-electron chi connectivity index (χ0n) is 10.7. The average molecular weight is 242 g/mol. The van der Waals surface area contributed by atoms with Crippen molar-refractivity contribution < 1.29 is 0 Å². The van der Waals surface area contributed by atoms with E-state index in [0.717, 1.165) is 35.4 Å². The van der Waals surface area contributed by atoms with Gasteiger partial charge in [0.25, 0.3) is 0 Å². The number of H-pyrrole nitrogens is 1. The Labute approximate surface area is 106 Å². The molecule has 0 atom stereocenters. The molecule has 1 aliphatic rings. The number of anilines is 1. The van der Waals surface area contributed by atoms with Crippen LogP contribution < -0.4 is 10.3 Å². The third-order valence-electron chi connectivity index (χ3n) is 3.74. The van der Waals surface area contributed by atoms with Gasteiger partial charge in [-0.3, -0.25) is 4.79 Å². The fourth-order valence-electron chi connectivity index (χ4n) is 2.85. The van der Waals surface area contributed by atoms with Crippen LogP contribution in [0.2, 0.25) is 0 Å². The van der Waals surface area contributed by atoms with Gasteiger partial charge in [0.2, 0.25) is 5.43 Å². The van der Waals surface area contributed by atoms with Gasteiger partial charge in [0.15, 0.2) is 0 Å². The minimum atomic E-state index is 0.170. The van der Waals surface area contributed by atoms with Crippen molar-refractivity contribution in [1.29, 1.82) is 0 Å². The summed E-state index contributed by atoms with van der Waals surface area (Å²) in [6.07, 6.45) is 3.65. The molecule has 0 saturated carbocycles. The molecule has 0 radical (unpaired) electrons. The van der Waals surface area contributed by atoms with Crippen LogP contribution in [0.5, 0.6) is 0 Å². The average Bonchev–Trinajstić information content (AvgIpc) is 2.40. The van der Waals surface area contributed by atoms with Gasteiger partial charge in [-0.25, -0.2) is 0 Å². The standard InChI is InChI=1S/C15H18N2O/c1-11-14(17-9-5-2-6-10-17)15(18)12-7-3-4-8-13(12)16-11/h3-4,7-8H,2,5-6,9-10H2,1H3,(H,16,18). The lowest BCUT2D eigenvalue weighted by atomic mass is 10.1. The van der Waals surface area contributed by atoms with E-state index in [1.807, 2.05) is 31.2 Å². The van der Waals surface area contributed by atoms with Crippen LogP contribution in [0.1, 0.15) is 25.0 Å². The Morgan fingerprint density at radius 1 is 1.11 bits per heavy atom. The minimum Gasteiger partial charge on any atom is -0.367 e. The van der Waals surface area contributed by atoms with Crippen molar-refractivity contribution in [3.63, 3.8) is 0 Å². The van der Waals surface area contributed by atoms with Gasteiger partial charge in [-0.1, -0.05) is 12.1 Å². The molecule has 1 saturated heterocycles. The van der Waals surface area contributed by atoms with Gasteiger partial charge in [-0.05, 0) is 38.3 Å². The Morgan fingerprint density at radius 3 is 2.61 bits per heavy atom. The summed E-state index contributed by atoms with van der Waals surface area (Å²) >= 11 is 0. The maximum absolute atomic E-state index is 12.6. The Morgan fingerprint density at radius 2 is 1.83 bits per heavy atom. The van der Waals surface area contributed by atoms with E-state index in [2.05, 4.69) is 9.88 Å². The number of hydrogen-bond donors (Lipinski definition) is 1. The summed E-state index contributed by atoms with van der Waals surface area (Å²) in [5.74, 6) is 0. The topological polar surface area (TPSA) is 36.1 Å². The number of aromatic nitrogens is 1. The molecular weight excluding hydrogens is 224 g/mol. The van der Waals surface area contributed by atoms with Crippen LogP contribution in [0.15, 0.2) is 29.1 Å². The first-order chi connectivity index (χ1) is 8.77. The Balaban J connectivity index is 2.19. The molecule has 1 N–H and O–H groups in total. The molecule has 3 rings (SSSR count). The molecule has 2 heterocycles. The van der Waals surface area contributed by atoms with Gasteiger partial charge in [-0.15, -0.1) is 0 Å². The molecule has 0 aliphatic carbocycles. The maximum atomic E-state index is 12.6. The molecule has 3 nitrogen and oxygen atoms in total. The van der Waals surface area contributed by atoms with Crippen molar-refractivity contribution in [1.82, 2.24) is 4.98 Å². The second-order valence-corrected chi connectivity index (χ2v) is 5.02. The molecule has 1 aromatic heterocycles. The number of fused-ring (bicyclic) bond motifs is 1. The smallest absolute Gasteiger partial charge is 0.212 e. The predicted octanol–water partition coefficient (Wildman–Crippen LogP) is 2.83. The first-order valence-corrected chi connectivity index (χ1v) is 6.64. The SMILES string of the molecule is Cc1[nH]c2ccccc2c(=O)c1N1CCCCC1. The number of aryl methyl sites for hydroxylation is 1. The van der Waals surface area contributed by atoms with Gasteiger partial charge in [0.05, 0.1) is 0 Å². The molecule has 0 amide bonds. The molecule has 0 unspecified atom stereocenters. The summed E-state index contributed by atoms with van der Waals surface area (Å²) in [5, 5.41) is 0.795. The molecule has 1 aliphatic heterocycles. The van der Waals surface area contributed by atoms with Crippen molar-refractivity contribution in [2.24, 2.45) is 0 Å². The molecule has 3 heteroatoms. The second-order valence-electron chi connectivity index (χ2n) is 5.02. The molecular formula is C15H18N2O. The predicted molar refractivity (Wildman–Crippen MR) is 75.4 cm³/mol. The largest absolute Gasteiger partial charge is 0.367 e. The van der Waals surface area contributed by atoms with Crippen LogP contribution in [-0.2, 0) is 0 Å². The van der Waals surface area contributed by atoms with E-state index in [1.54, 1.807) is 0 Å². The van der Waals surface area contributed by atoms with Crippen LogP contribution in [0.25, 0.3) is 10.9 Å². The third kappa shape index (κ3) is 1.80. The summed E-state index contributed by atoms with van der Waals surface area (Å²) in [7, 11) is 0. The molecule has 0 bridgehead atoms. The Hall–Kier alpha value is -1.77. The molecule has 94 valence electrons. The van der Waals surface area contributed by atoms with Gasteiger partial charge < -0.3 is 9.88 Å². The highest BCUT2D eigenvalue weighted by molar-refractivity contribution is 5.82. The van der Waals surface area contributed by atoms with Crippen LogP contribution in [0.4, 0.5) is 5.69 Å². The number of pyridine rings is 1. The van der Waals surface area contributed by atoms with Gasteiger partial charge in [0.1, 0.15) is 5.69 Å². The Kier molecular flexibility index (Phi) is 2.82. The molecule has 1 fully saturated rings. The number of aromatic amines is 1. The number of piperidine rings is 1. The minimum absolute atomic E-state index is 0.170. The van der Waals surface area contributed by atoms with E-state index in [4.69, 9.17) is 0 Å². The van der Waals surface area contributed by atoms with Crippen molar-refractivity contribution >= 4 is 16.6 Å². The lowest BCUT2D eigenvalue weighted by Crippen LogP contribution is -2.34. The first kappa shape index (κ1) is 11.3. The zero-order valence-corrected chi connectivity index (χ0v) is 10.7. The van der Waals surface area contributed by atoms with Gasteiger partial charge in [0, 0.05) is 29.7 Å². The number of nitrogens with one attached hydrogen (secondary N) is 1. The van der Waals surface area contributed by atoms with Gasteiger partial charge >= 0.3 is 0 Å². The maximum Gasteiger partial charge on any atom is 0.212 e. The lowest BCUT2D eigenvalue weighted by molar-refractivity contribution is 0.575. The molecule has 18 heavy (non-hydrogen) atoms. The number of rotatable bonds is 1. The van der Waals surface area contributed by atoms with Crippen molar-refractivity contribution in [3.8, 4) is 0 Å². The zero-order chi connectivity index (χ0) is 12.5. The highest BCUT2D eigenvalue weighted by Crippen LogP contribution is 2.21. The molecule has 2 aromatic rings. The number of para-hydroxylation sites is 1. The van der Waals surface area contributed by atoms with Crippen molar-refractivity contribution in [3.05, 3.63) is 40.2 Å². The number of nitrogens with zero attached hydrogens (tertiary/aromatic N) is 1. The third-order valence-corrected chi connectivity index (χ3v) is 3.74. The fourth-order valence-corrected chi connectivity index (χ4v) is 2.85. The van der Waals surface area contributed by atoms with Crippen molar-refractivity contribution in [2.75, 3.05) is 18.0 Å². The summed E-state index contributed by atoms with van der Waals surface area (Å²) in [4.78, 5) is 18.2. The van der Waals surface area contributed by atoms with E-state index in [0.29, 0.717) is 0 Å². The van der Waals surface area contributed by atoms with Crippen LogP contribution in [0, 0.1) is 6.92 Å². The molecule has 0 spiro atoms. The highest BCUT2D eigenvalue weighted by Gasteiger charge is 2.17. The highest BCUT2D eigenvalue weighted by atomic mass is 16.1. The first-order valence-electron chi connectivity index (χ1n) is 6.64. The van der Waals surface area contributed by atoms with E-state index in [-0.39, 0.29) is 5.43 Å². The summed E-state index contributed by atoms with van der Waals surface area (Å²) < 4.78 is 0. The summed E-state index contributed by atoms with van der Waals surface area (Å²) in [5.41, 5.74) is 2.96. The lowest BCUT2D eigenvalue weighted by Gasteiger charge is -2.29. The van der Waals surface area contributed by atoms with Crippen molar-refractivity contribution in [2.45, 2.75) is 26.2 Å². The van der Waals surface area contributed by atoms with Gasteiger partial charge in [-0.2, -0.15) is 0 Å². The van der Waals surface area contributed by atoms with E-state index >= 15 is 0 Å². The van der Waals surface area contributed by atoms with E-state index in [9.17, 15) is 4.79 Å². The van der Waals surface area contributed by atoms with Crippen LogP contribution >= 0.6 is 0 Å². The van der Waals surface area contributed by atoms with Crippen LogP contribution in [0.3, 0.4) is 0 Å². The number of benzene rings is 1. The summed E-state index contributed by atoms with van der Waals surface area (Å²) in [6, 6.07) is 7.75. The Bertz CT molecular complexity index is 624. The summed E-state index contributed by atoms with van der Waals surface area (Å²) in [6.45, 7) is 4.00.